The molecular formula is C44H69B2N4O2Pt-. The van der Waals surface area contributed by atoms with Crippen molar-refractivity contribution in [2.24, 2.45) is 0 Å². The molecule has 1 saturated heterocycles. The predicted molar refractivity (Wildman–Crippen MR) is 229 cm³/mol. The number of nitrogens with zero attached hydrogens (tertiary/aromatic N) is 4. The zero-order chi connectivity index (χ0) is 40.6. The van der Waals surface area contributed by atoms with E-state index in [-0.39, 0.29) is 47.6 Å². The Morgan fingerprint density at radius 1 is 0.604 bits per heavy atom. The van der Waals surface area contributed by atoms with E-state index in [2.05, 4.69) is 211 Å². The Labute approximate surface area is 336 Å². The molecule has 9 heteroatoms. The second-order valence-corrected chi connectivity index (χ2v) is 20.7. The van der Waals surface area contributed by atoms with Crippen LogP contribution < -0.4 is 9.62 Å². The molecule has 0 bridgehead atoms. The fraction of sp³-hybridized carbons (Fsp3) is 0.568. The van der Waals surface area contributed by atoms with Gasteiger partial charge in [0.15, 0.2) is 0 Å². The third kappa shape index (κ3) is 11.4. The first-order chi connectivity index (χ1) is 24.0. The minimum absolute atomic E-state index is 0.0381. The molecule has 3 aromatic rings. The number of anilines is 2. The Balaban J connectivity index is 0.000000980. The third-order valence-corrected chi connectivity index (χ3v) is 11.0. The van der Waals surface area contributed by atoms with Crippen molar-refractivity contribution < 1.29 is 29.6 Å². The van der Waals surface area contributed by atoms with Crippen molar-refractivity contribution in [3.8, 4) is 11.1 Å². The van der Waals surface area contributed by atoms with E-state index in [4.69, 9.17) is 10.2 Å². The van der Waals surface area contributed by atoms with Crippen molar-refractivity contribution in [3.05, 3.63) is 82.9 Å². The molecule has 294 valence electrons. The zero-order valence-corrected chi connectivity index (χ0v) is 38.5. The Morgan fingerprint density at radius 2 is 0.981 bits per heavy atom. The van der Waals surface area contributed by atoms with Crippen LogP contribution in [0.4, 0.5) is 11.4 Å². The van der Waals surface area contributed by atoms with Gasteiger partial charge in [-0.3, -0.25) is 0 Å². The quantitative estimate of drug-likeness (QED) is 0.183. The number of rotatable bonds is 7. The van der Waals surface area contributed by atoms with Crippen LogP contribution in [0.2, 0.25) is 0 Å². The molecule has 0 radical (unpaired) electrons. The van der Waals surface area contributed by atoms with E-state index in [1.165, 1.54) is 43.2 Å². The fourth-order valence-corrected chi connectivity index (χ4v) is 7.75. The first-order valence-corrected chi connectivity index (χ1v) is 20.3. The van der Waals surface area contributed by atoms with Crippen molar-refractivity contribution in [1.82, 2.24) is 9.62 Å². The average Bonchev–Trinajstić information content (AvgIpc) is 3.32. The SMILES string of the molecule is CC(O)CC(C)O.CN(C)B1B(N(C)C)N(c2cc(C(C)(C)C)cc(C(C)(C)C)c2)[C](=[Pt])N1c1[c-]cc(-c2cc(C(C)(C)C)cc(C(C)(C)C)c2)cc1. The van der Waals surface area contributed by atoms with Gasteiger partial charge in [-0.05, 0) is 20.3 Å². The Kier molecular flexibility index (Phi) is 14.4. The Bertz CT molecular complexity index is 1620. The van der Waals surface area contributed by atoms with Gasteiger partial charge < -0.3 is 10.2 Å². The van der Waals surface area contributed by atoms with Crippen molar-refractivity contribution >= 4 is 29.3 Å². The van der Waals surface area contributed by atoms with E-state index in [0.717, 1.165) is 5.69 Å². The van der Waals surface area contributed by atoms with Gasteiger partial charge in [-0.25, -0.2) is 0 Å². The topological polar surface area (TPSA) is 53.4 Å². The summed E-state index contributed by atoms with van der Waals surface area (Å²) in [5, 5.41) is 17.1. The van der Waals surface area contributed by atoms with E-state index in [0.29, 0.717) is 6.42 Å². The third-order valence-electron chi connectivity index (χ3n) is 9.89. The van der Waals surface area contributed by atoms with Crippen LogP contribution in [0.1, 0.15) is 126 Å². The molecule has 4 rings (SSSR count). The second-order valence-electron chi connectivity index (χ2n) is 19.7. The summed E-state index contributed by atoms with van der Waals surface area (Å²) in [4.78, 5) is 9.68. The molecule has 2 unspecified atom stereocenters. The molecule has 0 spiro atoms. The number of aliphatic hydroxyl groups is 2. The molecule has 0 aromatic heterocycles. The maximum atomic E-state index is 8.56. The van der Waals surface area contributed by atoms with Gasteiger partial charge in [0.25, 0.3) is 0 Å². The van der Waals surface area contributed by atoms with E-state index in [1.807, 2.05) is 0 Å². The normalized spacial score (nSPS) is 15.7. The van der Waals surface area contributed by atoms with Crippen molar-refractivity contribution in [3.63, 3.8) is 0 Å². The van der Waals surface area contributed by atoms with Gasteiger partial charge >= 0.3 is 295 Å². The summed E-state index contributed by atoms with van der Waals surface area (Å²) in [6, 6.07) is 24.8. The van der Waals surface area contributed by atoms with Gasteiger partial charge in [-0.15, -0.1) is 0 Å². The van der Waals surface area contributed by atoms with E-state index >= 15 is 0 Å². The molecule has 53 heavy (non-hydrogen) atoms. The predicted octanol–water partition coefficient (Wildman–Crippen LogP) is 8.62. The van der Waals surface area contributed by atoms with Crippen LogP contribution in [-0.2, 0) is 41.0 Å². The average molecular weight is 903 g/mol. The summed E-state index contributed by atoms with van der Waals surface area (Å²) >= 11 is 2.54. The van der Waals surface area contributed by atoms with Crippen LogP contribution in [-0.4, -0.2) is 78.1 Å². The summed E-state index contributed by atoms with van der Waals surface area (Å²) in [5.41, 5.74) is 10.4. The molecule has 6 nitrogen and oxygen atoms in total. The van der Waals surface area contributed by atoms with Gasteiger partial charge in [0.2, 0.25) is 0 Å². The van der Waals surface area contributed by atoms with Gasteiger partial charge in [-0.2, -0.15) is 0 Å². The summed E-state index contributed by atoms with van der Waals surface area (Å²) in [6.07, 6.45) is -0.278. The second kappa shape index (κ2) is 16.9. The molecule has 3 aromatic carbocycles. The molecule has 0 amide bonds. The van der Waals surface area contributed by atoms with Crippen LogP contribution in [0.15, 0.2) is 54.6 Å². The fourth-order valence-electron chi connectivity index (χ4n) is 6.58. The van der Waals surface area contributed by atoms with Crippen LogP contribution in [0, 0.1) is 6.07 Å². The van der Waals surface area contributed by atoms with Crippen molar-refractivity contribution in [2.75, 3.05) is 37.8 Å². The van der Waals surface area contributed by atoms with Gasteiger partial charge in [0, 0.05) is 0 Å². The van der Waals surface area contributed by atoms with E-state index in [1.54, 1.807) is 13.8 Å². The van der Waals surface area contributed by atoms with E-state index < -0.39 is 0 Å². The minimum atomic E-state index is -0.375. The maximum absolute atomic E-state index is 8.56. The van der Waals surface area contributed by atoms with Crippen LogP contribution >= 0.6 is 0 Å². The van der Waals surface area contributed by atoms with Crippen molar-refractivity contribution in [1.29, 1.82) is 0 Å². The molecular weight excluding hydrogens is 833 g/mol. The van der Waals surface area contributed by atoms with Crippen LogP contribution in [0.5, 0.6) is 0 Å². The summed E-state index contributed by atoms with van der Waals surface area (Å²) < 4.78 is 1.18. The zero-order valence-electron chi connectivity index (χ0n) is 36.2. The van der Waals surface area contributed by atoms with Crippen LogP contribution in [0.3, 0.4) is 0 Å². The first kappa shape index (κ1) is 45.2. The molecule has 1 fully saturated rings. The van der Waals surface area contributed by atoms with Gasteiger partial charge in [-0.1, -0.05) is 0 Å². The molecule has 2 N–H and O–H groups in total. The van der Waals surface area contributed by atoms with Gasteiger partial charge in [0.05, 0.1) is 12.2 Å². The van der Waals surface area contributed by atoms with Gasteiger partial charge in [0.1, 0.15) is 0 Å². The number of hydrogen-bond donors (Lipinski definition) is 2. The molecule has 1 aliphatic heterocycles. The standard InChI is InChI=1S/C39H57B2N4.C5H12O2.Pt/c1-36(2,3)30-21-29(22-31(23-30)37(4,5)6)28-17-19-34(20-18-28)44-27-45(41(43(15)16)40(44)42(13)14)35-25-32(38(7,8)9)24-33(26-35)39(10,11)12;1-4(6)3-5(2)7;/h17-19,21-26H,1-16H3;4-7H,3H2,1-2H3;/q-1;;. The first-order valence-electron chi connectivity index (χ1n) is 19.1. The van der Waals surface area contributed by atoms with E-state index in [9.17, 15) is 0 Å². The Hall–Kier alpha value is -2.21. The van der Waals surface area contributed by atoms with Crippen molar-refractivity contribution in [2.45, 2.75) is 137 Å². The summed E-state index contributed by atoms with van der Waals surface area (Å²) in [7, 11) is 8.77. The Morgan fingerprint density at radius 3 is 1.28 bits per heavy atom. The monoisotopic (exact) mass is 903 g/mol. The summed E-state index contributed by atoms with van der Waals surface area (Å²) in [6.45, 7) is 31.2. The number of aliphatic hydroxyl groups excluding tert-OH is 2. The molecule has 1 aliphatic rings. The summed E-state index contributed by atoms with van der Waals surface area (Å²) in [5.74, 6) is 0. The molecule has 1 heterocycles. The van der Waals surface area contributed by atoms with Crippen LogP contribution in [0.25, 0.3) is 11.1 Å². The number of benzene rings is 3. The molecule has 0 aliphatic carbocycles. The number of hydrogen-bond acceptors (Lipinski definition) is 6. The molecule has 0 saturated carbocycles. The molecule has 2 atom stereocenters.